The van der Waals surface area contributed by atoms with Crippen molar-refractivity contribution in [3.05, 3.63) is 48.6 Å². The summed E-state index contributed by atoms with van der Waals surface area (Å²) in [7, 11) is 1.86. The van der Waals surface area contributed by atoms with Crippen LogP contribution >= 0.6 is 0 Å². The molecule has 0 N–H and O–H groups in total. The third-order valence-electron chi connectivity index (χ3n) is 8.20. The van der Waals surface area contributed by atoms with Crippen LogP contribution in [0.15, 0.2) is 43.0 Å². The van der Waals surface area contributed by atoms with Gasteiger partial charge in [0.25, 0.3) is 0 Å². The maximum Gasteiger partial charge on any atom is 0.0821 e. The van der Waals surface area contributed by atoms with Gasteiger partial charge in [0.2, 0.25) is 0 Å². The van der Waals surface area contributed by atoms with Crippen molar-refractivity contribution in [1.82, 2.24) is 0 Å². The van der Waals surface area contributed by atoms with Crippen LogP contribution in [0.3, 0.4) is 0 Å². The van der Waals surface area contributed by atoms with Crippen molar-refractivity contribution < 1.29 is 4.74 Å². The molecule has 0 spiro atoms. The molecule has 2 saturated carbocycles. The minimum Gasteiger partial charge on any atom is -0.377 e. The van der Waals surface area contributed by atoms with Crippen LogP contribution in [0.25, 0.3) is 0 Å². The normalized spacial score (nSPS) is 28.2. The van der Waals surface area contributed by atoms with Crippen LogP contribution in [0.2, 0.25) is 0 Å². The van der Waals surface area contributed by atoms with E-state index in [1.54, 1.807) is 0 Å². The van der Waals surface area contributed by atoms with Crippen LogP contribution in [0.5, 0.6) is 0 Å². The van der Waals surface area contributed by atoms with E-state index in [0.29, 0.717) is 0 Å². The Hall–Kier alpha value is -1.08. The average Bonchev–Trinajstić information content (AvgIpc) is 2.80. The summed E-state index contributed by atoms with van der Waals surface area (Å²) in [5.41, 5.74) is 1.34. The molecule has 1 unspecified atom stereocenters. The zero-order valence-electron chi connectivity index (χ0n) is 19.6. The van der Waals surface area contributed by atoms with Gasteiger partial charge in [-0.15, -0.1) is 6.58 Å². The second kappa shape index (κ2) is 13.4. The number of methoxy groups -OCH3 is 1. The minimum atomic E-state index is 0.274. The lowest BCUT2D eigenvalue weighted by Gasteiger charge is -2.30. The van der Waals surface area contributed by atoms with Gasteiger partial charge in [-0.2, -0.15) is 0 Å². The van der Waals surface area contributed by atoms with E-state index >= 15 is 0 Å². The molecule has 0 amide bonds. The third kappa shape index (κ3) is 7.88. The van der Waals surface area contributed by atoms with Crippen LogP contribution in [-0.2, 0) is 4.74 Å². The number of allylic oxidation sites excluding steroid dienone is 1. The zero-order valence-corrected chi connectivity index (χ0v) is 19.6. The van der Waals surface area contributed by atoms with E-state index in [2.05, 4.69) is 43.0 Å². The molecule has 1 heteroatoms. The first-order valence-corrected chi connectivity index (χ1v) is 13.0. The van der Waals surface area contributed by atoms with Crippen molar-refractivity contribution in [3.8, 4) is 0 Å². The first kappa shape index (κ1) is 23.6. The summed E-state index contributed by atoms with van der Waals surface area (Å²) in [5, 5.41) is 0. The molecular formula is C29H46O. The largest absolute Gasteiger partial charge is 0.377 e. The fourth-order valence-corrected chi connectivity index (χ4v) is 6.14. The summed E-state index contributed by atoms with van der Waals surface area (Å²) in [6, 6.07) is 10.8. The molecule has 0 aromatic heterocycles. The molecule has 1 aromatic carbocycles. The van der Waals surface area contributed by atoms with Crippen LogP contribution in [-0.4, -0.2) is 7.11 Å². The average molecular weight is 411 g/mol. The molecule has 1 atom stereocenters. The quantitative estimate of drug-likeness (QED) is 0.247. The predicted octanol–water partition coefficient (Wildman–Crippen LogP) is 8.90. The second-order valence-electron chi connectivity index (χ2n) is 10.3. The Balaban J connectivity index is 1.23. The summed E-state index contributed by atoms with van der Waals surface area (Å²) in [5.74, 6) is 3.91. The lowest BCUT2D eigenvalue weighted by molar-refractivity contribution is 0.0852. The van der Waals surface area contributed by atoms with Gasteiger partial charge in [-0.25, -0.2) is 0 Å². The maximum atomic E-state index is 5.78. The lowest BCUT2D eigenvalue weighted by Crippen LogP contribution is -2.16. The van der Waals surface area contributed by atoms with Crippen molar-refractivity contribution >= 4 is 0 Å². The predicted molar refractivity (Wildman–Crippen MR) is 130 cm³/mol. The molecule has 2 fully saturated rings. The Kier molecular flexibility index (Phi) is 10.5. The molecule has 168 valence electrons. The molecule has 30 heavy (non-hydrogen) atoms. The first-order chi connectivity index (χ1) is 14.8. The van der Waals surface area contributed by atoms with E-state index < -0.39 is 0 Å². The number of hydrogen-bond donors (Lipinski definition) is 0. The summed E-state index contributed by atoms with van der Waals surface area (Å²) in [4.78, 5) is 0. The highest BCUT2D eigenvalue weighted by molar-refractivity contribution is 5.17. The highest BCUT2D eigenvalue weighted by Crippen LogP contribution is 2.37. The van der Waals surface area contributed by atoms with Crippen LogP contribution in [0, 0.1) is 23.7 Å². The van der Waals surface area contributed by atoms with Gasteiger partial charge in [-0.1, -0.05) is 101 Å². The van der Waals surface area contributed by atoms with E-state index in [1.807, 2.05) is 7.11 Å². The van der Waals surface area contributed by atoms with E-state index in [9.17, 15) is 0 Å². The smallest absolute Gasteiger partial charge is 0.0821 e. The molecule has 0 saturated heterocycles. The highest BCUT2D eigenvalue weighted by atomic mass is 16.5. The Labute approximate surface area is 186 Å². The van der Waals surface area contributed by atoms with Gasteiger partial charge in [-0.05, 0) is 61.3 Å². The molecule has 2 aliphatic carbocycles. The fourth-order valence-electron chi connectivity index (χ4n) is 6.14. The van der Waals surface area contributed by atoms with Crippen molar-refractivity contribution in [2.24, 2.45) is 23.7 Å². The Morgan fingerprint density at radius 3 is 1.80 bits per heavy atom. The van der Waals surface area contributed by atoms with Crippen molar-refractivity contribution in [3.63, 3.8) is 0 Å². The lowest BCUT2D eigenvalue weighted by atomic mass is 9.76. The van der Waals surface area contributed by atoms with Gasteiger partial charge in [0.1, 0.15) is 0 Å². The summed E-state index contributed by atoms with van der Waals surface area (Å²) in [6.45, 7) is 3.91. The van der Waals surface area contributed by atoms with Gasteiger partial charge in [0.15, 0.2) is 0 Å². The monoisotopic (exact) mass is 410 g/mol. The Morgan fingerprint density at radius 2 is 1.30 bits per heavy atom. The van der Waals surface area contributed by atoms with Crippen molar-refractivity contribution in [2.45, 2.75) is 102 Å². The van der Waals surface area contributed by atoms with E-state index in [0.717, 1.165) is 23.7 Å². The molecule has 3 rings (SSSR count). The van der Waals surface area contributed by atoms with E-state index in [4.69, 9.17) is 4.74 Å². The molecule has 0 radical (unpaired) electrons. The number of rotatable bonds is 12. The summed E-state index contributed by atoms with van der Waals surface area (Å²) >= 11 is 0. The van der Waals surface area contributed by atoms with Crippen molar-refractivity contribution in [2.75, 3.05) is 7.11 Å². The summed E-state index contributed by atoms with van der Waals surface area (Å²) in [6.07, 6.45) is 23.8. The number of hydrogen-bond acceptors (Lipinski definition) is 1. The van der Waals surface area contributed by atoms with E-state index in [1.165, 1.54) is 102 Å². The van der Waals surface area contributed by atoms with Gasteiger partial charge < -0.3 is 4.74 Å². The van der Waals surface area contributed by atoms with Gasteiger partial charge in [0, 0.05) is 7.11 Å². The molecule has 0 heterocycles. The maximum absolute atomic E-state index is 5.78. The van der Waals surface area contributed by atoms with Crippen LogP contribution in [0.1, 0.15) is 108 Å². The highest BCUT2D eigenvalue weighted by Gasteiger charge is 2.23. The molecule has 0 aliphatic heterocycles. The number of ether oxygens (including phenoxy) is 1. The van der Waals surface area contributed by atoms with Gasteiger partial charge in [-0.3, -0.25) is 0 Å². The molecule has 2 aliphatic rings. The zero-order chi connectivity index (χ0) is 21.0. The topological polar surface area (TPSA) is 9.23 Å². The molecular weight excluding hydrogens is 364 g/mol. The SMILES string of the molecule is C=CCC1CCC(CCCCC2CCC(CCC(OC)c3ccccc3)CC2)CC1. The Morgan fingerprint density at radius 1 is 0.800 bits per heavy atom. The second-order valence-corrected chi connectivity index (χ2v) is 10.3. The Bertz CT molecular complexity index is 563. The standard InChI is InChI=1S/C29H46O/c1-3-9-24-14-16-25(17-15-24)10-7-8-11-26-18-20-27(21-19-26)22-23-29(30-2)28-12-5-4-6-13-28/h3-6,12-13,24-27,29H,1,7-11,14-23H2,2H3. The third-order valence-corrected chi connectivity index (χ3v) is 8.20. The van der Waals surface area contributed by atoms with Gasteiger partial charge >= 0.3 is 0 Å². The minimum absolute atomic E-state index is 0.274. The molecule has 1 nitrogen and oxygen atoms in total. The van der Waals surface area contributed by atoms with E-state index in [-0.39, 0.29) is 6.10 Å². The number of benzene rings is 1. The number of unbranched alkanes of at least 4 members (excludes halogenated alkanes) is 1. The fraction of sp³-hybridized carbons (Fsp3) is 0.724. The first-order valence-electron chi connectivity index (χ1n) is 13.0. The molecule has 1 aromatic rings. The van der Waals surface area contributed by atoms with Crippen LogP contribution < -0.4 is 0 Å². The van der Waals surface area contributed by atoms with Gasteiger partial charge in [0.05, 0.1) is 6.10 Å². The van der Waals surface area contributed by atoms with Crippen LogP contribution in [0.4, 0.5) is 0 Å². The molecule has 0 bridgehead atoms. The summed E-state index contributed by atoms with van der Waals surface area (Å²) < 4.78 is 5.78. The van der Waals surface area contributed by atoms with Crippen molar-refractivity contribution in [1.29, 1.82) is 0 Å².